The summed E-state index contributed by atoms with van der Waals surface area (Å²) in [5, 5.41) is 12.2. The van der Waals surface area contributed by atoms with E-state index in [1.807, 2.05) is 0 Å². The lowest BCUT2D eigenvalue weighted by molar-refractivity contribution is -0.149. The number of halogens is 6. The minimum Gasteiger partial charge on any atom is -0.508 e. The van der Waals surface area contributed by atoms with E-state index < -0.39 is 24.5 Å². The fraction of sp³-hybridized carbons (Fsp3) is 0.538. The average Bonchev–Trinajstić information content (AvgIpc) is 2.36. The molecule has 22 heavy (non-hydrogen) atoms. The number of nitrogens with one attached hydrogen (secondary N) is 1. The summed E-state index contributed by atoms with van der Waals surface area (Å²) in [6.45, 7) is 2.02. The van der Waals surface area contributed by atoms with E-state index in [2.05, 4.69) is 5.32 Å². The molecule has 0 aliphatic carbocycles. The summed E-state index contributed by atoms with van der Waals surface area (Å²) in [6, 6.07) is 2.23. The number of phenols is 1. The Morgan fingerprint density at radius 3 is 2.27 bits per heavy atom. The first kappa shape index (κ1) is 21.2. The summed E-state index contributed by atoms with van der Waals surface area (Å²) >= 11 is 0. The number of rotatable bonds is 3. The summed E-state index contributed by atoms with van der Waals surface area (Å²) < 4.78 is 52.1. The van der Waals surface area contributed by atoms with Gasteiger partial charge in [-0.25, -0.2) is 4.39 Å². The standard InChI is InChI=1S/C13H16F4N2O.2ClH/c14-11-7-9(20)1-2-10(11)12(8-13(15,16)17)19-5-3-18-4-6-19;;/h1-2,7,12,18,20H,3-6,8H2;2*1H/t12-;;/m0../s1. The Bertz CT molecular complexity index is 468. The maximum Gasteiger partial charge on any atom is 0.390 e. The normalized spacial score (nSPS) is 17.3. The van der Waals surface area contributed by atoms with Crippen molar-refractivity contribution < 1.29 is 22.7 Å². The maximum atomic E-state index is 13.9. The van der Waals surface area contributed by atoms with Crippen LogP contribution in [0.15, 0.2) is 18.2 Å². The molecule has 0 saturated carbocycles. The second kappa shape index (κ2) is 8.76. The van der Waals surface area contributed by atoms with Gasteiger partial charge in [0.2, 0.25) is 0 Å². The van der Waals surface area contributed by atoms with Crippen molar-refractivity contribution in [2.24, 2.45) is 0 Å². The second-order valence-electron chi connectivity index (χ2n) is 4.83. The molecule has 2 N–H and O–H groups in total. The highest BCUT2D eigenvalue weighted by Gasteiger charge is 2.37. The van der Waals surface area contributed by atoms with Crippen molar-refractivity contribution in [2.45, 2.75) is 18.6 Å². The molecule has 1 aliphatic heterocycles. The van der Waals surface area contributed by atoms with Crippen LogP contribution in [0, 0.1) is 5.82 Å². The predicted octanol–water partition coefficient (Wildman–Crippen LogP) is 3.27. The van der Waals surface area contributed by atoms with Crippen molar-refractivity contribution in [3.63, 3.8) is 0 Å². The largest absolute Gasteiger partial charge is 0.508 e. The fourth-order valence-corrected chi connectivity index (χ4v) is 2.44. The first-order valence-electron chi connectivity index (χ1n) is 6.37. The molecule has 1 aliphatic rings. The molecule has 3 nitrogen and oxygen atoms in total. The van der Waals surface area contributed by atoms with Crippen LogP contribution < -0.4 is 5.32 Å². The number of alkyl halides is 3. The predicted molar refractivity (Wildman–Crippen MR) is 80.4 cm³/mol. The van der Waals surface area contributed by atoms with Crippen LogP contribution in [0.5, 0.6) is 5.75 Å². The van der Waals surface area contributed by atoms with Crippen molar-refractivity contribution in [2.75, 3.05) is 26.2 Å². The van der Waals surface area contributed by atoms with Crippen LogP contribution in [0.4, 0.5) is 17.6 Å². The third-order valence-electron chi connectivity index (χ3n) is 3.36. The van der Waals surface area contributed by atoms with Crippen molar-refractivity contribution >= 4 is 24.8 Å². The highest BCUT2D eigenvalue weighted by Crippen LogP contribution is 2.35. The third kappa shape index (κ3) is 5.79. The van der Waals surface area contributed by atoms with Gasteiger partial charge < -0.3 is 10.4 Å². The molecule has 1 aromatic rings. The molecule has 1 aromatic carbocycles. The molecular weight excluding hydrogens is 347 g/mol. The molecule has 0 bridgehead atoms. The van der Waals surface area contributed by atoms with Gasteiger partial charge in [-0.2, -0.15) is 13.2 Å². The van der Waals surface area contributed by atoms with Crippen LogP contribution in [0.2, 0.25) is 0 Å². The molecule has 1 fully saturated rings. The lowest BCUT2D eigenvalue weighted by Gasteiger charge is -2.35. The van der Waals surface area contributed by atoms with Gasteiger partial charge in [-0.3, -0.25) is 4.90 Å². The van der Waals surface area contributed by atoms with E-state index in [1.54, 1.807) is 4.90 Å². The summed E-state index contributed by atoms with van der Waals surface area (Å²) in [7, 11) is 0. The average molecular weight is 365 g/mol. The van der Waals surface area contributed by atoms with Crippen LogP contribution in [0.1, 0.15) is 18.0 Å². The van der Waals surface area contributed by atoms with Gasteiger partial charge in [0.05, 0.1) is 6.42 Å². The summed E-state index contributed by atoms with van der Waals surface area (Å²) in [6.07, 6.45) is -5.48. The molecule has 0 unspecified atom stereocenters. The summed E-state index contributed by atoms with van der Waals surface area (Å²) in [5.41, 5.74) is -0.0259. The molecule has 2 rings (SSSR count). The molecule has 1 saturated heterocycles. The van der Waals surface area contributed by atoms with Gasteiger partial charge >= 0.3 is 6.18 Å². The minimum atomic E-state index is -4.38. The zero-order valence-electron chi connectivity index (χ0n) is 11.6. The van der Waals surface area contributed by atoms with Crippen molar-refractivity contribution in [1.82, 2.24) is 10.2 Å². The van der Waals surface area contributed by atoms with Gasteiger partial charge in [-0.1, -0.05) is 6.07 Å². The van der Waals surface area contributed by atoms with Gasteiger partial charge in [0, 0.05) is 43.9 Å². The summed E-state index contributed by atoms with van der Waals surface area (Å²) in [5.74, 6) is -1.10. The van der Waals surface area contributed by atoms with Gasteiger partial charge in [-0.15, -0.1) is 24.8 Å². The topological polar surface area (TPSA) is 35.5 Å². The van der Waals surface area contributed by atoms with Gasteiger partial charge in [0.15, 0.2) is 0 Å². The molecule has 9 heteroatoms. The van der Waals surface area contributed by atoms with E-state index in [1.165, 1.54) is 12.1 Å². The number of phenolic OH excluding ortho intramolecular Hbond substituents is 1. The molecule has 0 aromatic heterocycles. The molecular formula is C13H18Cl2F4N2O. The van der Waals surface area contributed by atoms with Crippen molar-refractivity contribution in [3.05, 3.63) is 29.6 Å². The second-order valence-corrected chi connectivity index (χ2v) is 4.83. The first-order chi connectivity index (χ1) is 9.37. The van der Waals surface area contributed by atoms with Gasteiger partial charge in [-0.05, 0) is 6.07 Å². The van der Waals surface area contributed by atoms with E-state index in [9.17, 15) is 22.7 Å². The number of piperazine rings is 1. The van der Waals surface area contributed by atoms with Crippen LogP contribution in [0.3, 0.4) is 0 Å². The molecule has 0 amide bonds. The molecule has 1 atom stereocenters. The molecule has 1 heterocycles. The molecule has 0 spiro atoms. The number of aromatic hydroxyl groups is 1. The first-order valence-corrected chi connectivity index (χ1v) is 6.37. The van der Waals surface area contributed by atoms with Crippen LogP contribution in [-0.2, 0) is 0 Å². The highest BCUT2D eigenvalue weighted by atomic mass is 35.5. The summed E-state index contributed by atoms with van der Waals surface area (Å²) in [4.78, 5) is 1.62. The molecule has 0 radical (unpaired) electrons. The van der Waals surface area contributed by atoms with E-state index in [-0.39, 0.29) is 36.1 Å². The van der Waals surface area contributed by atoms with Crippen molar-refractivity contribution in [1.29, 1.82) is 0 Å². The Balaban J connectivity index is 0.00000220. The highest BCUT2D eigenvalue weighted by molar-refractivity contribution is 5.85. The van der Waals surface area contributed by atoms with Gasteiger partial charge in [0.1, 0.15) is 11.6 Å². The number of benzene rings is 1. The number of hydrogen-bond donors (Lipinski definition) is 2. The zero-order chi connectivity index (χ0) is 14.8. The zero-order valence-corrected chi connectivity index (χ0v) is 13.2. The lowest BCUT2D eigenvalue weighted by Crippen LogP contribution is -2.46. The minimum absolute atomic E-state index is 0. The smallest absolute Gasteiger partial charge is 0.390 e. The van der Waals surface area contributed by atoms with E-state index >= 15 is 0 Å². The van der Waals surface area contributed by atoms with Gasteiger partial charge in [0.25, 0.3) is 0 Å². The monoisotopic (exact) mass is 364 g/mol. The van der Waals surface area contributed by atoms with Crippen LogP contribution in [0.25, 0.3) is 0 Å². The SMILES string of the molecule is Cl.Cl.Oc1ccc([C@H](CC(F)(F)F)N2CCNCC2)c(F)c1. The Hall–Kier alpha value is -0.760. The van der Waals surface area contributed by atoms with Crippen molar-refractivity contribution in [3.8, 4) is 5.75 Å². The Kier molecular flexibility index (Phi) is 8.46. The quantitative estimate of drug-likeness (QED) is 0.808. The number of nitrogens with zero attached hydrogens (tertiary/aromatic N) is 1. The lowest BCUT2D eigenvalue weighted by atomic mass is 10.00. The maximum absolute atomic E-state index is 13.9. The van der Waals surface area contributed by atoms with E-state index in [0.29, 0.717) is 26.2 Å². The third-order valence-corrected chi connectivity index (χ3v) is 3.36. The Labute approximate surface area is 138 Å². The molecule has 128 valence electrons. The van der Waals surface area contributed by atoms with Crippen LogP contribution in [-0.4, -0.2) is 42.4 Å². The van der Waals surface area contributed by atoms with E-state index in [4.69, 9.17) is 0 Å². The van der Waals surface area contributed by atoms with E-state index in [0.717, 1.165) is 6.07 Å². The number of hydrogen-bond acceptors (Lipinski definition) is 3. The Morgan fingerprint density at radius 2 is 1.77 bits per heavy atom. The Morgan fingerprint density at radius 1 is 1.18 bits per heavy atom. The van der Waals surface area contributed by atoms with Crippen LogP contribution >= 0.6 is 24.8 Å². The fourth-order valence-electron chi connectivity index (χ4n) is 2.44.